The van der Waals surface area contributed by atoms with E-state index >= 15 is 0 Å². The third-order valence-electron chi connectivity index (χ3n) is 5.19. The number of benzene rings is 2. The molecule has 6 nitrogen and oxygen atoms in total. The Morgan fingerprint density at radius 2 is 1.42 bits per heavy atom. The van der Waals surface area contributed by atoms with Crippen LogP contribution in [0.1, 0.15) is 0 Å². The van der Waals surface area contributed by atoms with E-state index in [2.05, 4.69) is 26.7 Å². The molecule has 0 aliphatic heterocycles. The maximum Gasteiger partial charge on any atom is 0.212 e. The number of hydrogen-bond donors (Lipinski definition) is 2. The van der Waals surface area contributed by atoms with Crippen molar-refractivity contribution in [1.82, 2.24) is 9.97 Å². The Bertz CT molecular complexity index is 1360. The van der Waals surface area contributed by atoms with Gasteiger partial charge in [-0.2, -0.15) is 0 Å². The van der Waals surface area contributed by atoms with Gasteiger partial charge in [0.1, 0.15) is 11.6 Å². The van der Waals surface area contributed by atoms with Gasteiger partial charge in [-0.25, -0.2) is 9.97 Å². The van der Waals surface area contributed by atoms with Crippen LogP contribution in [0, 0.1) is 0 Å². The van der Waals surface area contributed by atoms with Crippen molar-refractivity contribution in [3.05, 3.63) is 85.2 Å². The summed E-state index contributed by atoms with van der Waals surface area (Å²) in [5.41, 5.74) is 4.03. The van der Waals surface area contributed by atoms with Crippen LogP contribution in [-0.4, -0.2) is 24.2 Å². The minimum Gasteiger partial charge on any atom is -0.497 e. The smallest absolute Gasteiger partial charge is 0.212 e. The summed E-state index contributed by atoms with van der Waals surface area (Å²) in [6.45, 7) is 0. The van der Waals surface area contributed by atoms with Crippen LogP contribution >= 0.6 is 11.3 Å². The highest BCUT2D eigenvalue weighted by atomic mass is 32.1. The molecule has 0 saturated carbocycles. The van der Waals surface area contributed by atoms with E-state index in [-0.39, 0.29) is 0 Å². The van der Waals surface area contributed by atoms with E-state index in [9.17, 15) is 0 Å². The Morgan fingerprint density at radius 1 is 0.727 bits per heavy atom. The predicted octanol–water partition coefficient (Wildman–Crippen LogP) is 6.86. The van der Waals surface area contributed by atoms with Crippen LogP contribution < -0.4 is 20.1 Å². The maximum atomic E-state index is 5.21. The summed E-state index contributed by atoms with van der Waals surface area (Å²) in [6.07, 6.45) is 3.66. The maximum absolute atomic E-state index is 5.21. The first-order valence-electron chi connectivity index (χ1n) is 10.4. The molecule has 3 heterocycles. The molecule has 2 N–H and O–H groups in total. The molecule has 2 aromatic carbocycles. The zero-order valence-electron chi connectivity index (χ0n) is 18.2. The molecule has 5 aromatic rings. The number of pyridine rings is 2. The average molecular weight is 455 g/mol. The van der Waals surface area contributed by atoms with E-state index in [1.807, 2.05) is 79.1 Å². The van der Waals surface area contributed by atoms with Gasteiger partial charge in [0.15, 0.2) is 0 Å². The number of thiophene rings is 1. The van der Waals surface area contributed by atoms with Crippen molar-refractivity contribution in [2.24, 2.45) is 0 Å². The highest BCUT2D eigenvalue weighted by molar-refractivity contribution is 7.22. The standard InChI is InChI=1S/C26H22N4O2S/c1-31-22-10-8-20(9-11-22)29-19-4-6-21(7-5-19)30-26-25-17(13-14-27-26)15-23(33-25)18-3-12-24(32-2)28-16-18/h3-16,29H,1-2H3,(H,27,30). The van der Waals surface area contributed by atoms with Gasteiger partial charge in [0, 0.05) is 46.0 Å². The number of hydrogen-bond acceptors (Lipinski definition) is 7. The number of anilines is 4. The summed E-state index contributed by atoms with van der Waals surface area (Å²) in [5, 5.41) is 7.99. The minimum absolute atomic E-state index is 0.605. The molecule has 164 valence electrons. The van der Waals surface area contributed by atoms with Gasteiger partial charge in [-0.1, -0.05) is 0 Å². The second-order valence-corrected chi connectivity index (χ2v) is 8.39. The summed E-state index contributed by atoms with van der Waals surface area (Å²) in [6, 6.07) is 24.1. The quantitative estimate of drug-likeness (QED) is 0.280. The van der Waals surface area contributed by atoms with Crippen LogP contribution in [0.3, 0.4) is 0 Å². The van der Waals surface area contributed by atoms with Gasteiger partial charge in [-0.05, 0) is 72.1 Å². The van der Waals surface area contributed by atoms with Gasteiger partial charge in [0.05, 0.1) is 18.9 Å². The predicted molar refractivity (Wildman–Crippen MR) is 135 cm³/mol. The Balaban J connectivity index is 1.34. The molecule has 3 aromatic heterocycles. The van der Waals surface area contributed by atoms with Crippen molar-refractivity contribution in [2.45, 2.75) is 0 Å². The summed E-state index contributed by atoms with van der Waals surface area (Å²) >= 11 is 1.69. The molecule has 0 fully saturated rings. The molecule has 0 aliphatic carbocycles. The number of ether oxygens (including phenoxy) is 2. The molecule has 0 spiro atoms. The Labute approximate surface area is 195 Å². The minimum atomic E-state index is 0.605. The topological polar surface area (TPSA) is 68.3 Å². The van der Waals surface area contributed by atoms with E-state index in [1.165, 1.54) is 0 Å². The van der Waals surface area contributed by atoms with Gasteiger partial charge in [-0.3, -0.25) is 0 Å². The second-order valence-electron chi connectivity index (χ2n) is 7.33. The van der Waals surface area contributed by atoms with Crippen LogP contribution in [0.25, 0.3) is 20.5 Å². The Kier molecular flexibility index (Phi) is 5.78. The number of nitrogens with one attached hydrogen (secondary N) is 2. The number of fused-ring (bicyclic) bond motifs is 1. The van der Waals surface area contributed by atoms with Crippen molar-refractivity contribution >= 4 is 44.3 Å². The largest absolute Gasteiger partial charge is 0.497 e. The van der Waals surface area contributed by atoms with Crippen LogP contribution in [0.4, 0.5) is 22.9 Å². The van der Waals surface area contributed by atoms with Crippen molar-refractivity contribution in [3.8, 4) is 22.1 Å². The lowest BCUT2D eigenvalue weighted by Gasteiger charge is -2.10. The van der Waals surface area contributed by atoms with Crippen LogP contribution in [0.2, 0.25) is 0 Å². The van der Waals surface area contributed by atoms with Gasteiger partial charge < -0.3 is 20.1 Å². The molecule has 0 unspecified atom stereocenters. The highest BCUT2D eigenvalue weighted by Gasteiger charge is 2.10. The third kappa shape index (κ3) is 4.58. The second kappa shape index (κ2) is 9.18. The first-order valence-corrected chi connectivity index (χ1v) is 11.2. The first kappa shape index (κ1) is 20.8. The van der Waals surface area contributed by atoms with Gasteiger partial charge in [0.25, 0.3) is 0 Å². The fourth-order valence-electron chi connectivity index (χ4n) is 3.46. The van der Waals surface area contributed by atoms with E-state index in [0.717, 1.165) is 49.2 Å². The lowest BCUT2D eigenvalue weighted by atomic mass is 10.2. The molecule has 0 bridgehead atoms. The fourth-order valence-corrected chi connectivity index (χ4v) is 4.55. The summed E-state index contributed by atoms with van der Waals surface area (Å²) in [5.74, 6) is 2.27. The zero-order chi connectivity index (χ0) is 22.6. The lowest BCUT2D eigenvalue weighted by molar-refractivity contribution is 0.398. The molecular formula is C26H22N4O2S. The van der Waals surface area contributed by atoms with Crippen molar-refractivity contribution in [1.29, 1.82) is 0 Å². The molecule has 7 heteroatoms. The molecule has 0 aliphatic rings. The van der Waals surface area contributed by atoms with E-state index < -0.39 is 0 Å². The number of methoxy groups -OCH3 is 2. The summed E-state index contributed by atoms with van der Waals surface area (Å²) in [4.78, 5) is 10.0. The lowest BCUT2D eigenvalue weighted by Crippen LogP contribution is -1.94. The monoisotopic (exact) mass is 454 g/mol. The van der Waals surface area contributed by atoms with E-state index in [4.69, 9.17) is 9.47 Å². The first-order chi connectivity index (χ1) is 16.2. The van der Waals surface area contributed by atoms with E-state index in [0.29, 0.717) is 5.88 Å². The molecular weight excluding hydrogens is 432 g/mol. The Morgan fingerprint density at radius 3 is 2.06 bits per heavy atom. The van der Waals surface area contributed by atoms with Crippen molar-refractivity contribution < 1.29 is 9.47 Å². The number of nitrogens with zero attached hydrogens (tertiary/aromatic N) is 2. The molecule has 0 saturated heterocycles. The van der Waals surface area contributed by atoms with Crippen molar-refractivity contribution in [2.75, 3.05) is 24.9 Å². The van der Waals surface area contributed by atoms with Crippen LogP contribution in [-0.2, 0) is 0 Å². The number of rotatable bonds is 7. The summed E-state index contributed by atoms with van der Waals surface area (Å²) in [7, 11) is 3.28. The fraction of sp³-hybridized carbons (Fsp3) is 0.0769. The van der Waals surface area contributed by atoms with Crippen LogP contribution in [0.15, 0.2) is 85.2 Å². The molecule has 33 heavy (non-hydrogen) atoms. The van der Waals surface area contributed by atoms with E-state index in [1.54, 1.807) is 25.6 Å². The highest BCUT2D eigenvalue weighted by Crippen LogP contribution is 2.37. The molecule has 5 rings (SSSR count). The normalized spacial score (nSPS) is 10.7. The number of aromatic nitrogens is 2. The molecule has 0 radical (unpaired) electrons. The SMILES string of the molecule is COc1ccc(Nc2ccc(Nc3nccc4cc(-c5ccc(OC)nc5)sc34)cc2)cc1. The van der Waals surface area contributed by atoms with Gasteiger partial charge in [0.2, 0.25) is 5.88 Å². The Hall–Kier alpha value is -4.10. The van der Waals surface area contributed by atoms with Gasteiger partial charge >= 0.3 is 0 Å². The van der Waals surface area contributed by atoms with Crippen molar-refractivity contribution in [3.63, 3.8) is 0 Å². The van der Waals surface area contributed by atoms with Gasteiger partial charge in [-0.15, -0.1) is 11.3 Å². The third-order valence-corrected chi connectivity index (χ3v) is 6.40. The van der Waals surface area contributed by atoms with Crippen LogP contribution in [0.5, 0.6) is 11.6 Å². The zero-order valence-corrected chi connectivity index (χ0v) is 19.0. The average Bonchev–Trinajstić information content (AvgIpc) is 3.31. The molecule has 0 amide bonds. The summed E-state index contributed by atoms with van der Waals surface area (Å²) < 4.78 is 11.5. The molecule has 0 atom stereocenters.